The van der Waals surface area contributed by atoms with Gasteiger partial charge in [-0.2, -0.15) is 0 Å². The molecular formula is C18H20FN5O2S. The molecule has 0 saturated carbocycles. The number of aryl methyl sites for hydroxylation is 1. The number of thioether (sulfide) groups is 1. The van der Waals surface area contributed by atoms with Gasteiger partial charge in [-0.3, -0.25) is 10.1 Å². The lowest BCUT2D eigenvalue weighted by Crippen LogP contribution is -2.15. The maximum atomic E-state index is 14.2. The number of amides is 1. The standard InChI is InChI=1S/C18H20FN5O2S/c1-11(2)9-24-17(13-6-4-5-7-14(13)19)21-22-18(24)27-10-15(25)20-16-8-12(3)23-26-16/h4-8,11H,9-10H2,1-3H3,(H,20,25). The fourth-order valence-electron chi connectivity index (χ4n) is 2.49. The number of nitrogens with one attached hydrogen (secondary N) is 1. The van der Waals surface area contributed by atoms with E-state index in [0.717, 1.165) is 0 Å². The zero-order chi connectivity index (χ0) is 19.4. The van der Waals surface area contributed by atoms with Crippen LogP contribution in [-0.2, 0) is 11.3 Å². The molecule has 0 aliphatic rings. The second kappa shape index (κ2) is 8.34. The molecule has 3 rings (SSSR count). The molecule has 1 N–H and O–H groups in total. The minimum Gasteiger partial charge on any atom is -0.338 e. The van der Waals surface area contributed by atoms with E-state index >= 15 is 0 Å². The van der Waals surface area contributed by atoms with Crippen LogP contribution in [0, 0.1) is 18.7 Å². The van der Waals surface area contributed by atoms with E-state index < -0.39 is 0 Å². The highest BCUT2D eigenvalue weighted by molar-refractivity contribution is 7.99. The Kier molecular flexibility index (Phi) is 5.90. The van der Waals surface area contributed by atoms with Gasteiger partial charge in [-0.15, -0.1) is 10.2 Å². The first-order chi connectivity index (χ1) is 12.9. The third-order valence-corrected chi connectivity index (χ3v) is 4.57. The quantitative estimate of drug-likeness (QED) is 0.619. The van der Waals surface area contributed by atoms with Gasteiger partial charge in [0.15, 0.2) is 11.0 Å². The van der Waals surface area contributed by atoms with E-state index in [1.54, 1.807) is 31.2 Å². The molecule has 142 valence electrons. The molecule has 0 spiro atoms. The molecular weight excluding hydrogens is 369 g/mol. The molecule has 1 amide bonds. The summed E-state index contributed by atoms with van der Waals surface area (Å²) < 4.78 is 21.0. The van der Waals surface area contributed by atoms with Crippen LogP contribution in [0.3, 0.4) is 0 Å². The molecule has 7 nitrogen and oxygen atoms in total. The predicted octanol–water partition coefficient (Wildman–Crippen LogP) is 3.77. The van der Waals surface area contributed by atoms with Gasteiger partial charge < -0.3 is 9.09 Å². The Morgan fingerprint density at radius 1 is 1.33 bits per heavy atom. The second-order valence-corrected chi connectivity index (χ2v) is 7.40. The molecule has 0 aliphatic carbocycles. The van der Waals surface area contributed by atoms with Crippen LogP contribution in [0.1, 0.15) is 19.5 Å². The number of hydrogen-bond donors (Lipinski definition) is 1. The summed E-state index contributed by atoms with van der Waals surface area (Å²) >= 11 is 1.24. The van der Waals surface area contributed by atoms with E-state index in [4.69, 9.17) is 4.52 Å². The number of halogens is 1. The third-order valence-electron chi connectivity index (χ3n) is 3.60. The first-order valence-electron chi connectivity index (χ1n) is 8.48. The highest BCUT2D eigenvalue weighted by Gasteiger charge is 2.19. The monoisotopic (exact) mass is 389 g/mol. The molecule has 0 aliphatic heterocycles. The highest BCUT2D eigenvalue weighted by Crippen LogP contribution is 2.27. The van der Waals surface area contributed by atoms with Gasteiger partial charge in [0, 0.05) is 12.6 Å². The summed E-state index contributed by atoms with van der Waals surface area (Å²) in [4.78, 5) is 12.1. The molecule has 0 radical (unpaired) electrons. The van der Waals surface area contributed by atoms with Gasteiger partial charge in [-0.1, -0.05) is 42.9 Å². The number of nitrogens with zero attached hydrogens (tertiary/aromatic N) is 4. The Hall–Kier alpha value is -2.68. The number of rotatable bonds is 7. The van der Waals surface area contributed by atoms with E-state index in [-0.39, 0.29) is 17.5 Å². The summed E-state index contributed by atoms with van der Waals surface area (Å²) in [6, 6.07) is 8.09. The van der Waals surface area contributed by atoms with Crippen LogP contribution in [0.15, 0.2) is 40.0 Å². The summed E-state index contributed by atoms with van der Waals surface area (Å²) in [6.45, 7) is 6.49. The zero-order valence-corrected chi connectivity index (χ0v) is 16.1. The Morgan fingerprint density at radius 2 is 2.11 bits per heavy atom. The Balaban J connectivity index is 1.77. The Morgan fingerprint density at radius 3 is 2.78 bits per heavy atom. The minimum atomic E-state index is -0.357. The summed E-state index contributed by atoms with van der Waals surface area (Å²) in [5.41, 5.74) is 1.07. The van der Waals surface area contributed by atoms with E-state index in [0.29, 0.717) is 40.6 Å². The summed E-state index contributed by atoms with van der Waals surface area (Å²) in [7, 11) is 0. The van der Waals surface area contributed by atoms with Crippen LogP contribution in [0.4, 0.5) is 10.3 Å². The summed E-state index contributed by atoms with van der Waals surface area (Å²) in [5.74, 6) is 0.571. The van der Waals surface area contributed by atoms with Crippen molar-refractivity contribution in [2.75, 3.05) is 11.1 Å². The van der Waals surface area contributed by atoms with Crippen molar-refractivity contribution in [3.8, 4) is 11.4 Å². The molecule has 0 bridgehead atoms. The molecule has 2 heterocycles. The molecule has 27 heavy (non-hydrogen) atoms. The predicted molar refractivity (Wildman–Crippen MR) is 101 cm³/mol. The van der Waals surface area contributed by atoms with Gasteiger partial charge in [0.05, 0.1) is 17.0 Å². The summed E-state index contributed by atoms with van der Waals surface area (Å²) in [5, 5.41) is 15.2. The lowest BCUT2D eigenvalue weighted by Gasteiger charge is -2.12. The van der Waals surface area contributed by atoms with Crippen molar-refractivity contribution in [2.24, 2.45) is 5.92 Å². The van der Waals surface area contributed by atoms with E-state index in [2.05, 4.69) is 34.5 Å². The fraction of sp³-hybridized carbons (Fsp3) is 0.333. The number of hydrogen-bond acceptors (Lipinski definition) is 6. The van der Waals surface area contributed by atoms with E-state index in [1.807, 2.05) is 4.57 Å². The average molecular weight is 389 g/mol. The fourth-order valence-corrected chi connectivity index (χ4v) is 3.24. The van der Waals surface area contributed by atoms with Gasteiger partial charge in [-0.25, -0.2) is 4.39 Å². The smallest absolute Gasteiger partial charge is 0.237 e. The maximum Gasteiger partial charge on any atom is 0.237 e. The van der Waals surface area contributed by atoms with Crippen molar-refractivity contribution in [3.05, 3.63) is 41.8 Å². The zero-order valence-electron chi connectivity index (χ0n) is 15.3. The normalized spacial score (nSPS) is 11.1. The highest BCUT2D eigenvalue weighted by atomic mass is 32.2. The molecule has 9 heteroatoms. The number of carbonyl (C=O) groups is 1. The lowest BCUT2D eigenvalue weighted by atomic mass is 10.2. The van der Waals surface area contributed by atoms with E-state index in [1.165, 1.54) is 17.8 Å². The largest absolute Gasteiger partial charge is 0.338 e. The molecule has 1 aromatic carbocycles. The van der Waals surface area contributed by atoms with Crippen molar-refractivity contribution in [1.29, 1.82) is 0 Å². The lowest BCUT2D eigenvalue weighted by molar-refractivity contribution is -0.113. The van der Waals surface area contributed by atoms with Crippen molar-refractivity contribution in [3.63, 3.8) is 0 Å². The van der Waals surface area contributed by atoms with Crippen LogP contribution in [-0.4, -0.2) is 31.6 Å². The minimum absolute atomic E-state index is 0.118. The Bertz CT molecular complexity index is 937. The van der Waals surface area contributed by atoms with Crippen LogP contribution in [0.5, 0.6) is 0 Å². The first-order valence-corrected chi connectivity index (χ1v) is 9.46. The molecule has 0 atom stereocenters. The van der Waals surface area contributed by atoms with Gasteiger partial charge in [0.1, 0.15) is 5.82 Å². The molecule has 2 aromatic heterocycles. The summed E-state index contributed by atoms with van der Waals surface area (Å²) in [6.07, 6.45) is 0. The van der Waals surface area contributed by atoms with Crippen LogP contribution in [0.2, 0.25) is 0 Å². The first kappa shape index (κ1) is 19.1. The third kappa shape index (κ3) is 4.73. The molecule has 0 saturated heterocycles. The second-order valence-electron chi connectivity index (χ2n) is 6.46. The number of anilines is 1. The maximum absolute atomic E-state index is 14.2. The van der Waals surface area contributed by atoms with Crippen LogP contribution in [0.25, 0.3) is 11.4 Å². The van der Waals surface area contributed by atoms with Crippen molar-refractivity contribution >= 4 is 23.6 Å². The van der Waals surface area contributed by atoms with Gasteiger partial charge >= 0.3 is 0 Å². The van der Waals surface area contributed by atoms with Crippen LogP contribution >= 0.6 is 11.8 Å². The van der Waals surface area contributed by atoms with E-state index in [9.17, 15) is 9.18 Å². The van der Waals surface area contributed by atoms with Crippen molar-refractivity contribution in [2.45, 2.75) is 32.5 Å². The SMILES string of the molecule is Cc1cc(NC(=O)CSc2nnc(-c3ccccc3F)n2CC(C)C)on1. The van der Waals surface area contributed by atoms with Gasteiger partial charge in [0.2, 0.25) is 11.8 Å². The average Bonchev–Trinajstić information content (AvgIpc) is 3.19. The van der Waals surface area contributed by atoms with Crippen molar-refractivity contribution < 1.29 is 13.7 Å². The molecule has 3 aromatic rings. The topological polar surface area (TPSA) is 85.8 Å². The van der Waals surface area contributed by atoms with Gasteiger partial charge in [0.25, 0.3) is 0 Å². The van der Waals surface area contributed by atoms with Crippen molar-refractivity contribution in [1.82, 2.24) is 19.9 Å². The number of carbonyl (C=O) groups excluding carboxylic acids is 1. The molecule has 0 fully saturated rings. The Labute approximate surface area is 160 Å². The number of aromatic nitrogens is 4. The number of benzene rings is 1. The van der Waals surface area contributed by atoms with Gasteiger partial charge in [-0.05, 0) is 25.0 Å². The molecule has 0 unspecified atom stereocenters. The van der Waals surface area contributed by atoms with Crippen LogP contribution < -0.4 is 5.32 Å².